The maximum Gasteiger partial charge on any atom is 0.460 e. The van der Waals surface area contributed by atoms with Crippen LogP contribution in [-0.4, -0.2) is 37.4 Å². The van der Waals surface area contributed by atoms with E-state index in [1.165, 1.54) is 0 Å². The molecule has 1 N–H and O–H groups in total. The maximum atomic E-state index is 12.4. The number of hydrogen-bond donors (Lipinski definition) is 1. The Morgan fingerprint density at radius 3 is 2.62 bits per heavy atom. The average Bonchev–Trinajstić information content (AvgIpc) is 2.04. The summed E-state index contributed by atoms with van der Waals surface area (Å²) in [4.78, 5) is 0.646. The lowest BCUT2D eigenvalue weighted by Gasteiger charge is -2.36. The maximum absolute atomic E-state index is 12.4. The Hall–Kier alpha value is -0.290. The van der Waals surface area contributed by atoms with Crippen LogP contribution in [0.3, 0.4) is 0 Å². The van der Waals surface area contributed by atoms with Gasteiger partial charge >= 0.3 is 6.30 Å². The highest BCUT2D eigenvalue weighted by Gasteiger charge is 2.42. The van der Waals surface area contributed by atoms with Crippen molar-refractivity contribution in [2.45, 2.75) is 31.6 Å². The van der Waals surface area contributed by atoms with Gasteiger partial charge in [-0.15, -0.1) is 0 Å². The summed E-state index contributed by atoms with van der Waals surface area (Å²) < 4.78 is 37.2. The van der Waals surface area contributed by atoms with Crippen LogP contribution >= 0.6 is 0 Å². The van der Waals surface area contributed by atoms with Gasteiger partial charge < -0.3 is 5.32 Å². The SMILES string of the molecule is CNC[C@H]1CCCCN1C(F)(F)F. The van der Waals surface area contributed by atoms with E-state index < -0.39 is 6.30 Å². The molecule has 1 saturated heterocycles. The van der Waals surface area contributed by atoms with Crippen molar-refractivity contribution < 1.29 is 13.2 Å². The van der Waals surface area contributed by atoms with Gasteiger partial charge in [0, 0.05) is 19.1 Å². The second kappa shape index (κ2) is 4.28. The predicted octanol–water partition coefficient (Wildman–Crippen LogP) is 1.58. The van der Waals surface area contributed by atoms with E-state index in [9.17, 15) is 13.2 Å². The lowest BCUT2D eigenvalue weighted by Crippen LogP contribution is -2.51. The van der Waals surface area contributed by atoms with E-state index >= 15 is 0 Å². The van der Waals surface area contributed by atoms with Crippen LogP contribution in [-0.2, 0) is 0 Å². The second-order valence-corrected chi connectivity index (χ2v) is 3.37. The molecule has 0 amide bonds. The first kappa shape index (κ1) is 10.8. The number of likely N-dealkylation sites (N-methyl/N-ethyl adjacent to an activating group) is 1. The lowest BCUT2D eigenvalue weighted by molar-refractivity contribution is -0.263. The summed E-state index contributed by atoms with van der Waals surface area (Å²) >= 11 is 0. The molecule has 2 nitrogen and oxygen atoms in total. The third kappa shape index (κ3) is 2.84. The molecule has 0 unspecified atom stereocenters. The number of rotatable bonds is 2. The number of likely N-dealkylation sites (tertiary alicyclic amines) is 1. The Balaban J connectivity index is 2.56. The van der Waals surface area contributed by atoms with Crippen LogP contribution < -0.4 is 5.32 Å². The van der Waals surface area contributed by atoms with E-state index in [2.05, 4.69) is 5.32 Å². The molecule has 0 radical (unpaired) electrons. The van der Waals surface area contributed by atoms with Gasteiger partial charge in [0.2, 0.25) is 0 Å². The van der Waals surface area contributed by atoms with Gasteiger partial charge in [-0.1, -0.05) is 6.42 Å². The number of hydrogen-bond acceptors (Lipinski definition) is 2. The Labute approximate surface area is 76.1 Å². The van der Waals surface area contributed by atoms with Crippen LogP contribution in [0.2, 0.25) is 0 Å². The van der Waals surface area contributed by atoms with E-state index in [1.54, 1.807) is 7.05 Å². The Morgan fingerprint density at radius 1 is 1.38 bits per heavy atom. The summed E-state index contributed by atoms with van der Waals surface area (Å²) in [5.41, 5.74) is 0. The first-order valence-corrected chi connectivity index (χ1v) is 4.54. The van der Waals surface area contributed by atoms with Gasteiger partial charge in [0.1, 0.15) is 0 Å². The monoisotopic (exact) mass is 196 g/mol. The van der Waals surface area contributed by atoms with Crippen LogP contribution in [0.15, 0.2) is 0 Å². The topological polar surface area (TPSA) is 15.3 Å². The van der Waals surface area contributed by atoms with E-state index in [0.29, 0.717) is 24.3 Å². The zero-order chi connectivity index (χ0) is 9.90. The van der Waals surface area contributed by atoms with Gasteiger partial charge in [0.15, 0.2) is 0 Å². The standard InChI is InChI=1S/C8H15F3N2/c1-12-6-7-4-2-3-5-13(7)8(9,10)11/h7,12H,2-6H2,1H3/t7-/m1/s1. The van der Waals surface area contributed by atoms with Gasteiger partial charge in [-0.3, -0.25) is 0 Å². The molecule has 1 aliphatic rings. The van der Waals surface area contributed by atoms with Crippen molar-refractivity contribution in [2.75, 3.05) is 20.1 Å². The molecule has 0 spiro atoms. The molecule has 0 aromatic heterocycles. The van der Waals surface area contributed by atoms with E-state index in [4.69, 9.17) is 0 Å². The molecule has 0 saturated carbocycles. The molecule has 1 rings (SSSR count). The highest BCUT2D eigenvalue weighted by molar-refractivity contribution is 4.79. The minimum atomic E-state index is -4.16. The van der Waals surface area contributed by atoms with Crippen LogP contribution in [0.1, 0.15) is 19.3 Å². The van der Waals surface area contributed by atoms with Gasteiger partial charge in [-0.25, -0.2) is 4.90 Å². The summed E-state index contributed by atoms with van der Waals surface area (Å²) in [5.74, 6) is 0. The van der Waals surface area contributed by atoms with Crippen molar-refractivity contribution in [1.82, 2.24) is 10.2 Å². The molecule has 0 aliphatic carbocycles. The average molecular weight is 196 g/mol. The molecule has 1 atom stereocenters. The van der Waals surface area contributed by atoms with Crippen molar-refractivity contribution in [3.63, 3.8) is 0 Å². The highest BCUT2D eigenvalue weighted by Crippen LogP contribution is 2.29. The zero-order valence-electron chi connectivity index (χ0n) is 7.69. The van der Waals surface area contributed by atoms with Gasteiger partial charge in [-0.05, 0) is 19.9 Å². The van der Waals surface area contributed by atoms with Gasteiger partial charge in [0.05, 0.1) is 0 Å². The third-order valence-corrected chi connectivity index (χ3v) is 2.39. The Morgan fingerprint density at radius 2 is 2.08 bits per heavy atom. The summed E-state index contributed by atoms with van der Waals surface area (Å²) in [5, 5.41) is 2.80. The first-order chi connectivity index (χ1) is 6.05. The molecule has 0 aromatic rings. The van der Waals surface area contributed by atoms with Crippen LogP contribution in [0, 0.1) is 0 Å². The highest BCUT2D eigenvalue weighted by atomic mass is 19.4. The minimum Gasteiger partial charge on any atom is -0.318 e. The van der Waals surface area contributed by atoms with Gasteiger partial charge in [0.25, 0.3) is 0 Å². The molecule has 5 heteroatoms. The van der Waals surface area contributed by atoms with Crippen LogP contribution in [0.25, 0.3) is 0 Å². The molecular weight excluding hydrogens is 181 g/mol. The fraction of sp³-hybridized carbons (Fsp3) is 1.00. The number of nitrogens with one attached hydrogen (secondary N) is 1. The fourth-order valence-electron chi connectivity index (χ4n) is 1.78. The number of nitrogens with zero attached hydrogens (tertiary/aromatic N) is 1. The van der Waals surface area contributed by atoms with Crippen molar-refractivity contribution in [1.29, 1.82) is 0 Å². The molecule has 13 heavy (non-hydrogen) atoms. The minimum absolute atomic E-state index is 0.149. The van der Waals surface area contributed by atoms with Crippen molar-refractivity contribution in [2.24, 2.45) is 0 Å². The smallest absolute Gasteiger partial charge is 0.318 e. The first-order valence-electron chi connectivity index (χ1n) is 4.54. The van der Waals surface area contributed by atoms with Crippen LogP contribution in [0.5, 0.6) is 0 Å². The summed E-state index contributed by atoms with van der Waals surface area (Å²) in [6, 6.07) is -0.376. The second-order valence-electron chi connectivity index (χ2n) is 3.37. The molecular formula is C8H15F3N2. The van der Waals surface area contributed by atoms with Crippen molar-refractivity contribution in [3.05, 3.63) is 0 Å². The summed E-state index contributed by atoms with van der Waals surface area (Å²) in [7, 11) is 1.68. The molecule has 1 heterocycles. The normalized spacial score (nSPS) is 26.3. The summed E-state index contributed by atoms with van der Waals surface area (Å²) in [6.45, 7) is 0.565. The molecule has 1 aliphatic heterocycles. The molecule has 0 bridgehead atoms. The van der Waals surface area contributed by atoms with E-state index in [0.717, 1.165) is 6.42 Å². The summed E-state index contributed by atoms with van der Waals surface area (Å²) in [6.07, 6.45) is -1.97. The lowest BCUT2D eigenvalue weighted by atomic mass is 10.0. The largest absolute Gasteiger partial charge is 0.460 e. The van der Waals surface area contributed by atoms with Crippen LogP contribution in [0.4, 0.5) is 13.2 Å². The predicted molar refractivity (Wildman–Crippen MR) is 44.3 cm³/mol. The molecule has 78 valence electrons. The number of halogens is 3. The van der Waals surface area contributed by atoms with Crippen molar-refractivity contribution in [3.8, 4) is 0 Å². The zero-order valence-corrected chi connectivity index (χ0v) is 7.69. The van der Waals surface area contributed by atoms with Crippen molar-refractivity contribution >= 4 is 0 Å². The van der Waals surface area contributed by atoms with Gasteiger partial charge in [-0.2, -0.15) is 13.2 Å². The van der Waals surface area contributed by atoms with E-state index in [-0.39, 0.29) is 12.6 Å². The number of alkyl halides is 3. The van der Waals surface area contributed by atoms with E-state index in [1.807, 2.05) is 0 Å². The third-order valence-electron chi connectivity index (χ3n) is 2.39. The number of piperidine rings is 1. The Bertz CT molecular complexity index is 156. The Kier molecular flexibility index (Phi) is 3.55. The molecule has 0 aromatic carbocycles. The fourth-order valence-corrected chi connectivity index (χ4v) is 1.78. The quantitative estimate of drug-likeness (QED) is 0.674. The molecule has 1 fully saturated rings.